The number of hydrogen-bond donors (Lipinski definition) is 1. The lowest BCUT2D eigenvalue weighted by Gasteiger charge is -2.26. The average Bonchev–Trinajstić information content (AvgIpc) is 2.86. The number of carboxylic acids is 1. The van der Waals surface area contributed by atoms with Gasteiger partial charge in [0.2, 0.25) is 0 Å². The van der Waals surface area contributed by atoms with Crippen LogP contribution in [-0.2, 0) is 9.59 Å². The summed E-state index contributed by atoms with van der Waals surface area (Å²) in [6.45, 7) is 2.31. The summed E-state index contributed by atoms with van der Waals surface area (Å²) >= 11 is 0. The Hall–Kier alpha value is -2.04. The van der Waals surface area contributed by atoms with Gasteiger partial charge in [-0.05, 0) is 31.9 Å². The first-order valence-corrected chi connectivity index (χ1v) is 6.82. The second-order valence-electron chi connectivity index (χ2n) is 5.00. The zero-order chi connectivity index (χ0) is 14.5. The molecule has 0 aliphatic carbocycles. The second kappa shape index (κ2) is 6.41. The van der Waals surface area contributed by atoms with Gasteiger partial charge in [-0.2, -0.15) is 0 Å². The van der Waals surface area contributed by atoms with Gasteiger partial charge in [-0.3, -0.25) is 9.59 Å². The highest BCUT2D eigenvalue weighted by molar-refractivity contribution is 5.82. The highest BCUT2D eigenvalue weighted by Crippen LogP contribution is 2.22. The van der Waals surface area contributed by atoms with Gasteiger partial charge in [0.1, 0.15) is 5.75 Å². The van der Waals surface area contributed by atoms with E-state index in [2.05, 4.69) is 0 Å². The lowest BCUT2D eigenvalue weighted by molar-refractivity contribution is -0.142. The van der Waals surface area contributed by atoms with Crippen molar-refractivity contribution in [3.8, 4) is 5.75 Å². The first-order chi connectivity index (χ1) is 9.58. The highest BCUT2D eigenvalue weighted by Gasteiger charge is 2.33. The van der Waals surface area contributed by atoms with Crippen LogP contribution in [0.15, 0.2) is 30.3 Å². The number of carbonyl (C=O) groups excluding carboxylic acids is 1. The molecule has 2 atom stereocenters. The molecule has 1 aliphatic rings. The molecule has 0 saturated carbocycles. The summed E-state index contributed by atoms with van der Waals surface area (Å²) in [7, 11) is 0. The number of hydrogen-bond acceptors (Lipinski definition) is 3. The lowest BCUT2D eigenvalue weighted by Crippen LogP contribution is -2.43. The van der Waals surface area contributed by atoms with Crippen molar-refractivity contribution >= 4 is 11.9 Å². The van der Waals surface area contributed by atoms with Gasteiger partial charge in [0.05, 0.1) is 6.42 Å². The van der Waals surface area contributed by atoms with E-state index in [9.17, 15) is 9.59 Å². The summed E-state index contributed by atoms with van der Waals surface area (Å²) in [6, 6.07) is 8.95. The Morgan fingerprint density at radius 2 is 2.10 bits per heavy atom. The van der Waals surface area contributed by atoms with Crippen LogP contribution < -0.4 is 4.74 Å². The van der Waals surface area contributed by atoms with E-state index >= 15 is 0 Å². The third-order valence-corrected chi connectivity index (χ3v) is 3.47. The molecule has 1 aliphatic heterocycles. The number of ether oxygens (including phenoxy) is 1. The molecule has 20 heavy (non-hydrogen) atoms. The van der Waals surface area contributed by atoms with Crippen LogP contribution in [0, 0.1) is 0 Å². The standard InChI is InChI=1S/C15H19NO4/c1-11(20-13-7-3-2-4-8-13)15(19)16-9-5-6-12(16)10-14(17)18/h2-4,7-8,11-12H,5-6,9-10H2,1H3,(H,17,18). The SMILES string of the molecule is CC(Oc1ccccc1)C(=O)N1CCCC1CC(=O)O. The first-order valence-electron chi connectivity index (χ1n) is 6.82. The van der Waals surface area contributed by atoms with Crippen molar-refractivity contribution in [3.05, 3.63) is 30.3 Å². The van der Waals surface area contributed by atoms with Crippen molar-refractivity contribution in [2.24, 2.45) is 0 Å². The first kappa shape index (κ1) is 14.4. The van der Waals surface area contributed by atoms with E-state index in [1.807, 2.05) is 18.2 Å². The number of carbonyl (C=O) groups is 2. The summed E-state index contributed by atoms with van der Waals surface area (Å²) in [4.78, 5) is 24.8. The van der Waals surface area contributed by atoms with Crippen molar-refractivity contribution in [2.75, 3.05) is 6.54 Å². The quantitative estimate of drug-likeness (QED) is 0.893. The third-order valence-electron chi connectivity index (χ3n) is 3.47. The van der Waals surface area contributed by atoms with E-state index in [-0.39, 0.29) is 18.4 Å². The van der Waals surface area contributed by atoms with E-state index in [0.29, 0.717) is 12.3 Å². The number of nitrogens with zero attached hydrogens (tertiary/aromatic N) is 1. The van der Waals surface area contributed by atoms with Crippen LogP contribution in [-0.4, -0.2) is 40.6 Å². The van der Waals surface area contributed by atoms with E-state index in [0.717, 1.165) is 12.8 Å². The number of benzene rings is 1. The molecule has 1 fully saturated rings. The minimum Gasteiger partial charge on any atom is -0.481 e. The van der Waals surface area contributed by atoms with Gasteiger partial charge in [-0.1, -0.05) is 18.2 Å². The molecular formula is C15H19NO4. The molecule has 1 heterocycles. The molecule has 1 amide bonds. The van der Waals surface area contributed by atoms with Gasteiger partial charge in [0.15, 0.2) is 6.10 Å². The van der Waals surface area contributed by atoms with Crippen molar-refractivity contribution in [3.63, 3.8) is 0 Å². The molecule has 0 spiro atoms. The Kier molecular flexibility index (Phi) is 4.61. The number of carboxylic acid groups (broad SMARTS) is 1. The van der Waals surface area contributed by atoms with Crippen LogP contribution >= 0.6 is 0 Å². The molecule has 5 nitrogen and oxygen atoms in total. The second-order valence-corrected chi connectivity index (χ2v) is 5.00. The monoisotopic (exact) mass is 277 g/mol. The van der Waals surface area contributed by atoms with Crippen molar-refractivity contribution in [1.29, 1.82) is 0 Å². The Morgan fingerprint density at radius 1 is 1.40 bits per heavy atom. The Balaban J connectivity index is 1.97. The predicted molar refractivity (Wildman–Crippen MR) is 73.5 cm³/mol. The fourth-order valence-corrected chi connectivity index (χ4v) is 2.53. The molecule has 2 unspecified atom stereocenters. The van der Waals surface area contributed by atoms with Crippen LogP contribution in [0.2, 0.25) is 0 Å². The zero-order valence-electron chi connectivity index (χ0n) is 11.5. The Labute approximate surface area is 118 Å². The van der Waals surface area contributed by atoms with Crippen LogP contribution in [0.4, 0.5) is 0 Å². The van der Waals surface area contributed by atoms with Crippen LogP contribution in [0.25, 0.3) is 0 Å². The summed E-state index contributed by atoms with van der Waals surface area (Å²) < 4.78 is 5.60. The topological polar surface area (TPSA) is 66.8 Å². The Morgan fingerprint density at radius 3 is 2.75 bits per heavy atom. The third kappa shape index (κ3) is 3.50. The fourth-order valence-electron chi connectivity index (χ4n) is 2.53. The molecule has 0 aromatic heterocycles. The molecule has 0 radical (unpaired) electrons. The van der Waals surface area contributed by atoms with E-state index in [1.165, 1.54) is 0 Å². The highest BCUT2D eigenvalue weighted by atomic mass is 16.5. The fraction of sp³-hybridized carbons (Fsp3) is 0.467. The molecule has 1 saturated heterocycles. The summed E-state index contributed by atoms with van der Waals surface area (Å²) in [5.74, 6) is -0.369. The van der Waals surface area contributed by atoms with Crippen LogP contribution in [0.1, 0.15) is 26.2 Å². The van der Waals surface area contributed by atoms with Crippen molar-refractivity contribution in [2.45, 2.75) is 38.3 Å². The van der Waals surface area contributed by atoms with Gasteiger partial charge in [0, 0.05) is 12.6 Å². The maximum Gasteiger partial charge on any atom is 0.305 e. The molecule has 5 heteroatoms. The molecule has 108 valence electrons. The van der Waals surface area contributed by atoms with Gasteiger partial charge >= 0.3 is 5.97 Å². The van der Waals surface area contributed by atoms with E-state index in [1.54, 1.807) is 24.0 Å². The number of para-hydroxylation sites is 1. The van der Waals surface area contributed by atoms with E-state index < -0.39 is 12.1 Å². The maximum absolute atomic E-state index is 12.3. The molecular weight excluding hydrogens is 258 g/mol. The number of likely N-dealkylation sites (tertiary alicyclic amines) is 1. The number of aliphatic carboxylic acids is 1. The minimum atomic E-state index is -0.869. The van der Waals surface area contributed by atoms with Crippen LogP contribution in [0.5, 0.6) is 5.75 Å². The predicted octanol–water partition coefficient (Wildman–Crippen LogP) is 1.92. The van der Waals surface area contributed by atoms with Crippen molar-refractivity contribution < 1.29 is 19.4 Å². The minimum absolute atomic E-state index is 0.00377. The summed E-state index contributed by atoms with van der Waals surface area (Å²) in [5, 5.41) is 8.88. The lowest BCUT2D eigenvalue weighted by atomic mass is 10.1. The largest absolute Gasteiger partial charge is 0.481 e. The number of rotatable bonds is 5. The van der Waals surface area contributed by atoms with Gasteiger partial charge in [-0.25, -0.2) is 0 Å². The van der Waals surface area contributed by atoms with Crippen molar-refractivity contribution in [1.82, 2.24) is 4.90 Å². The molecule has 2 rings (SSSR count). The normalized spacial score (nSPS) is 19.6. The van der Waals surface area contributed by atoms with Crippen LogP contribution in [0.3, 0.4) is 0 Å². The molecule has 1 aromatic rings. The average molecular weight is 277 g/mol. The number of amides is 1. The van der Waals surface area contributed by atoms with Gasteiger partial charge < -0.3 is 14.7 Å². The maximum atomic E-state index is 12.3. The van der Waals surface area contributed by atoms with Gasteiger partial charge in [-0.15, -0.1) is 0 Å². The van der Waals surface area contributed by atoms with E-state index in [4.69, 9.17) is 9.84 Å². The van der Waals surface area contributed by atoms with Gasteiger partial charge in [0.25, 0.3) is 5.91 Å². The smallest absolute Gasteiger partial charge is 0.305 e. The molecule has 0 bridgehead atoms. The molecule has 1 N–H and O–H groups in total. The Bertz CT molecular complexity index is 474. The summed E-state index contributed by atoms with van der Waals surface area (Å²) in [5.41, 5.74) is 0. The summed E-state index contributed by atoms with van der Waals surface area (Å²) in [6.07, 6.45) is 0.994. The zero-order valence-corrected chi connectivity index (χ0v) is 11.5. The molecule has 1 aromatic carbocycles.